The molecule has 0 bridgehead atoms. The molecule has 1 aromatic heterocycles. The predicted octanol–water partition coefficient (Wildman–Crippen LogP) is 5.45. The third kappa shape index (κ3) is 4.17. The largest absolute Gasteiger partial charge is 0.361 e. The van der Waals surface area contributed by atoms with E-state index in [1.165, 1.54) is 43.1 Å². The number of nitrogens with one attached hydrogen (secondary N) is 1. The second kappa shape index (κ2) is 6.53. The molecule has 0 saturated carbocycles. The van der Waals surface area contributed by atoms with Crippen molar-refractivity contribution in [2.75, 3.05) is 11.9 Å². The Balaban J connectivity index is 1.94. The summed E-state index contributed by atoms with van der Waals surface area (Å²) in [6.45, 7) is 7.69. The van der Waals surface area contributed by atoms with Crippen molar-refractivity contribution in [1.82, 2.24) is 4.98 Å². The standard InChI is InChI=1S/C16H23FN2S/c1-4-5-6-9-16(2,3)11-18-15-19-13-8-7-12(17)10-14(13)20-15/h7-8,10H,4-6,9,11H2,1-3H3,(H,18,19). The fourth-order valence-corrected chi connectivity index (χ4v) is 3.12. The Hall–Kier alpha value is -1.16. The SMILES string of the molecule is CCCCCC(C)(C)CNc1nc2ccc(F)cc2s1. The molecule has 2 nitrogen and oxygen atoms in total. The molecule has 20 heavy (non-hydrogen) atoms. The first-order chi connectivity index (χ1) is 9.50. The molecule has 0 fully saturated rings. The van der Waals surface area contributed by atoms with Crippen LogP contribution in [-0.2, 0) is 0 Å². The molecule has 2 aromatic rings. The lowest BCUT2D eigenvalue weighted by molar-refractivity contribution is 0.342. The van der Waals surface area contributed by atoms with E-state index in [9.17, 15) is 4.39 Å². The van der Waals surface area contributed by atoms with Gasteiger partial charge in [0.1, 0.15) is 5.82 Å². The van der Waals surface area contributed by atoms with Gasteiger partial charge in [0.05, 0.1) is 10.2 Å². The van der Waals surface area contributed by atoms with Crippen LogP contribution in [0.3, 0.4) is 0 Å². The van der Waals surface area contributed by atoms with Crippen LogP contribution in [0.2, 0.25) is 0 Å². The predicted molar refractivity (Wildman–Crippen MR) is 86.0 cm³/mol. The summed E-state index contributed by atoms with van der Waals surface area (Å²) >= 11 is 1.52. The van der Waals surface area contributed by atoms with Crippen LogP contribution >= 0.6 is 11.3 Å². The number of benzene rings is 1. The van der Waals surface area contributed by atoms with Gasteiger partial charge in [-0.15, -0.1) is 0 Å². The molecule has 1 heterocycles. The van der Waals surface area contributed by atoms with Crippen LogP contribution in [0.25, 0.3) is 10.2 Å². The minimum atomic E-state index is -0.201. The number of anilines is 1. The second-order valence-electron chi connectivity index (χ2n) is 6.11. The van der Waals surface area contributed by atoms with Crippen LogP contribution in [0.1, 0.15) is 46.5 Å². The van der Waals surface area contributed by atoms with E-state index in [1.54, 1.807) is 12.1 Å². The molecule has 0 aliphatic carbocycles. The van der Waals surface area contributed by atoms with Crippen molar-refractivity contribution in [3.05, 3.63) is 24.0 Å². The zero-order valence-electron chi connectivity index (χ0n) is 12.5. The van der Waals surface area contributed by atoms with Gasteiger partial charge in [-0.2, -0.15) is 0 Å². The summed E-state index contributed by atoms with van der Waals surface area (Å²) in [6, 6.07) is 4.74. The van der Waals surface area contributed by atoms with Gasteiger partial charge in [-0.05, 0) is 30.0 Å². The maximum absolute atomic E-state index is 13.2. The van der Waals surface area contributed by atoms with Crippen molar-refractivity contribution >= 4 is 26.7 Å². The summed E-state index contributed by atoms with van der Waals surface area (Å²) in [7, 11) is 0. The van der Waals surface area contributed by atoms with Gasteiger partial charge in [-0.25, -0.2) is 9.37 Å². The van der Waals surface area contributed by atoms with Gasteiger partial charge in [0, 0.05) is 6.54 Å². The Morgan fingerprint density at radius 2 is 2.10 bits per heavy atom. The minimum Gasteiger partial charge on any atom is -0.361 e. The Kier molecular flexibility index (Phi) is 4.97. The summed E-state index contributed by atoms with van der Waals surface area (Å²) in [5.74, 6) is -0.201. The molecule has 0 atom stereocenters. The molecule has 0 radical (unpaired) electrons. The van der Waals surface area contributed by atoms with Crippen molar-refractivity contribution < 1.29 is 4.39 Å². The Labute approximate surface area is 124 Å². The highest BCUT2D eigenvalue weighted by molar-refractivity contribution is 7.22. The number of halogens is 1. The normalized spacial score (nSPS) is 12.0. The molecule has 2 rings (SSSR count). The highest BCUT2D eigenvalue weighted by Crippen LogP contribution is 2.29. The van der Waals surface area contributed by atoms with Gasteiger partial charge in [0.15, 0.2) is 5.13 Å². The Morgan fingerprint density at radius 3 is 2.85 bits per heavy atom. The van der Waals surface area contributed by atoms with Gasteiger partial charge in [0.2, 0.25) is 0 Å². The lowest BCUT2D eigenvalue weighted by Gasteiger charge is -2.24. The van der Waals surface area contributed by atoms with Crippen molar-refractivity contribution in [3.8, 4) is 0 Å². The van der Waals surface area contributed by atoms with Crippen molar-refractivity contribution in [2.24, 2.45) is 5.41 Å². The van der Waals surface area contributed by atoms with E-state index in [-0.39, 0.29) is 11.2 Å². The third-order valence-electron chi connectivity index (χ3n) is 3.53. The lowest BCUT2D eigenvalue weighted by atomic mass is 9.87. The summed E-state index contributed by atoms with van der Waals surface area (Å²) < 4.78 is 14.1. The van der Waals surface area contributed by atoms with E-state index in [4.69, 9.17) is 0 Å². The fraction of sp³-hybridized carbons (Fsp3) is 0.562. The summed E-state index contributed by atoms with van der Waals surface area (Å²) in [6.07, 6.45) is 5.04. The first-order valence-electron chi connectivity index (χ1n) is 7.30. The van der Waals surface area contributed by atoms with E-state index in [0.29, 0.717) is 0 Å². The average molecular weight is 294 g/mol. The van der Waals surface area contributed by atoms with Gasteiger partial charge >= 0.3 is 0 Å². The maximum Gasteiger partial charge on any atom is 0.183 e. The number of nitrogens with zero attached hydrogens (tertiary/aromatic N) is 1. The van der Waals surface area contributed by atoms with Gasteiger partial charge in [0.25, 0.3) is 0 Å². The Bertz CT molecular complexity index is 563. The van der Waals surface area contributed by atoms with Crippen LogP contribution in [0.15, 0.2) is 18.2 Å². The molecule has 110 valence electrons. The average Bonchev–Trinajstić information content (AvgIpc) is 2.79. The quantitative estimate of drug-likeness (QED) is 0.686. The van der Waals surface area contributed by atoms with E-state index < -0.39 is 0 Å². The zero-order valence-corrected chi connectivity index (χ0v) is 13.3. The van der Waals surface area contributed by atoms with E-state index in [0.717, 1.165) is 21.9 Å². The molecule has 0 spiro atoms. The first kappa shape index (κ1) is 15.2. The van der Waals surface area contributed by atoms with Crippen LogP contribution in [0.4, 0.5) is 9.52 Å². The van der Waals surface area contributed by atoms with E-state index in [1.807, 2.05) is 0 Å². The van der Waals surface area contributed by atoms with Gasteiger partial charge in [-0.1, -0.05) is 51.4 Å². The highest BCUT2D eigenvalue weighted by atomic mass is 32.1. The zero-order chi connectivity index (χ0) is 14.6. The molecular weight excluding hydrogens is 271 g/mol. The van der Waals surface area contributed by atoms with Gasteiger partial charge in [-0.3, -0.25) is 0 Å². The fourth-order valence-electron chi connectivity index (χ4n) is 2.23. The van der Waals surface area contributed by atoms with Crippen LogP contribution in [-0.4, -0.2) is 11.5 Å². The summed E-state index contributed by atoms with van der Waals surface area (Å²) in [5, 5.41) is 4.29. The maximum atomic E-state index is 13.2. The number of hydrogen-bond acceptors (Lipinski definition) is 3. The van der Waals surface area contributed by atoms with Gasteiger partial charge < -0.3 is 5.32 Å². The van der Waals surface area contributed by atoms with E-state index >= 15 is 0 Å². The second-order valence-corrected chi connectivity index (χ2v) is 7.14. The lowest BCUT2D eigenvalue weighted by Crippen LogP contribution is -2.22. The molecule has 1 aromatic carbocycles. The summed E-state index contributed by atoms with van der Waals surface area (Å²) in [4.78, 5) is 4.49. The Morgan fingerprint density at radius 1 is 1.30 bits per heavy atom. The van der Waals surface area contributed by atoms with Crippen molar-refractivity contribution in [3.63, 3.8) is 0 Å². The van der Waals surface area contributed by atoms with Crippen molar-refractivity contribution in [2.45, 2.75) is 46.5 Å². The molecule has 4 heteroatoms. The molecule has 0 aliphatic heterocycles. The van der Waals surface area contributed by atoms with E-state index in [2.05, 4.69) is 31.1 Å². The van der Waals surface area contributed by atoms with Crippen molar-refractivity contribution in [1.29, 1.82) is 0 Å². The molecule has 0 saturated heterocycles. The topological polar surface area (TPSA) is 24.9 Å². The van der Waals surface area contributed by atoms with Crippen LogP contribution in [0, 0.1) is 11.2 Å². The number of unbranched alkanes of at least 4 members (excludes halogenated alkanes) is 2. The van der Waals surface area contributed by atoms with Crippen LogP contribution in [0.5, 0.6) is 0 Å². The number of hydrogen-bond donors (Lipinski definition) is 1. The molecule has 1 N–H and O–H groups in total. The smallest absolute Gasteiger partial charge is 0.183 e. The molecule has 0 amide bonds. The molecule has 0 aliphatic rings. The molecule has 0 unspecified atom stereocenters. The molecular formula is C16H23FN2S. The number of thiazole rings is 1. The minimum absolute atomic E-state index is 0.201. The number of aromatic nitrogens is 1. The highest BCUT2D eigenvalue weighted by Gasteiger charge is 2.17. The monoisotopic (exact) mass is 294 g/mol. The summed E-state index contributed by atoms with van der Waals surface area (Å²) in [5.41, 5.74) is 1.13. The number of rotatable bonds is 7. The third-order valence-corrected chi connectivity index (χ3v) is 4.50. The van der Waals surface area contributed by atoms with Crippen LogP contribution < -0.4 is 5.32 Å². The first-order valence-corrected chi connectivity index (χ1v) is 8.12. The number of fused-ring (bicyclic) bond motifs is 1.